The van der Waals surface area contributed by atoms with Gasteiger partial charge in [0.05, 0.1) is 36.5 Å². The van der Waals surface area contributed by atoms with Crippen LogP contribution in [0.3, 0.4) is 0 Å². The summed E-state index contributed by atoms with van der Waals surface area (Å²) in [5, 5.41) is 3.95. The minimum Gasteiger partial charge on any atom is -0.475 e. The Hall–Kier alpha value is -5.78. The molecule has 19 heteroatoms. The zero-order chi connectivity index (χ0) is 48.5. The molecule has 6 aromatic rings. The van der Waals surface area contributed by atoms with Gasteiger partial charge in [-0.25, -0.2) is 19.9 Å². The van der Waals surface area contributed by atoms with Crippen molar-refractivity contribution in [2.24, 2.45) is 5.73 Å². The fraction of sp³-hybridized carbons (Fsp3) is 0.408. The number of nitrogens with one attached hydrogen (secondary N) is 1. The number of ether oxygens (including phenoxy) is 5. The number of aromatic nitrogens is 8. The third kappa shape index (κ3) is 14.6. The second kappa shape index (κ2) is 26.7. The predicted molar refractivity (Wildman–Crippen MR) is 267 cm³/mol. The van der Waals surface area contributed by atoms with E-state index in [-0.39, 0.29) is 42.5 Å². The highest BCUT2D eigenvalue weighted by atomic mass is 35.5. The molecule has 1 amide bonds. The Morgan fingerprint density at radius 1 is 0.647 bits per heavy atom. The number of nitrogens with two attached hydrogens (primary N) is 1. The molecule has 364 valence electrons. The van der Waals surface area contributed by atoms with Crippen LogP contribution in [0.4, 0.5) is 0 Å². The molecule has 6 rings (SSSR count). The van der Waals surface area contributed by atoms with E-state index < -0.39 is 5.60 Å². The van der Waals surface area contributed by atoms with Gasteiger partial charge in [0.25, 0.3) is 5.91 Å². The quantitative estimate of drug-likeness (QED) is 0.0688. The molecule has 0 aliphatic carbocycles. The topological polar surface area (TPSA) is 204 Å². The van der Waals surface area contributed by atoms with Crippen LogP contribution in [0.2, 0.25) is 10.0 Å². The number of amides is 1. The van der Waals surface area contributed by atoms with Gasteiger partial charge in [0.15, 0.2) is 23.3 Å². The summed E-state index contributed by atoms with van der Waals surface area (Å²) in [4.78, 5) is 48.3. The molecule has 0 radical (unpaired) electrons. The first-order valence-electron chi connectivity index (χ1n) is 22.3. The molecule has 3 N–H and O–H groups in total. The van der Waals surface area contributed by atoms with E-state index in [4.69, 9.17) is 52.6 Å². The molecule has 16 nitrogen and oxygen atoms in total. The maximum absolute atomic E-state index is 12.8. The molecule has 0 saturated heterocycles. The molecule has 2 aromatic carbocycles. The Morgan fingerprint density at radius 2 is 1.09 bits per heavy atom. The number of benzene rings is 2. The zero-order valence-electron chi connectivity index (χ0n) is 40.0. The Morgan fingerprint density at radius 3 is 1.47 bits per heavy atom. The number of halogens is 3. The standard InChI is InChI=1S/C28H36ClN5O4.C21H24ClN5O2.ClH/c1-7-10-18(4)38-23-14-12-20(17-30-23)24-32-25(34-27(33-24)36-5)21-15-19(11-13-22(21)29)16-31-26(35)28(8-2,9-3)37-6;1-4-5-13(2)29-18-9-7-15(12-24-18)19-25-20(27-21(26-19)28-3)16-10-14(11-23)6-8-17(16)22;/h11-15,17-18H,7-10,16H2,1-6H3,(H,31,35);6-10,12-13H,4-5,11,23H2,1-3H3;1H/t18-;13-;/m11./s1. The van der Waals surface area contributed by atoms with Crippen LogP contribution in [-0.2, 0) is 22.6 Å². The second-order valence-electron chi connectivity index (χ2n) is 15.6. The maximum atomic E-state index is 12.8. The summed E-state index contributed by atoms with van der Waals surface area (Å²) in [7, 11) is 4.55. The molecule has 0 fully saturated rings. The molecule has 0 unspecified atom stereocenters. The fourth-order valence-electron chi connectivity index (χ4n) is 6.92. The number of nitrogens with zero attached hydrogens (tertiary/aromatic N) is 8. The normalized spacial score (nSPS) is 11.9. The van der Waals surface area contributed by atoms with E-state index in [2.05, 4.69) is 59.0 Å². The van der Waals surface area contributed by atoms with E-state index in [9.17, 15) is 4.79 Å². The van der Waals surface area contributed by atoms with Crippen LogP contribution >= 0.6 is 35.6 Å². The molecular formula is C49H61Cl3N10O6. The van der Waals surface area contributed by atoms with Gasteiger partial charge in [-0.05, 0) is 87.1 Å². The summed E-state index contributed by atoms with van der Waals surface area (Å²) in [6.45, 7) is 12.8. The highest BCUT2D eigenvalue weighted by molar-refractivity contribution is 6.33. The van der Waals surface area contributed by atoms with E-state index in [0.29, 0.717) is 93.3 Å². The van der Waals surface area contributed by atoms with Crippen molar-refractivity contribution in [3.05, 3.63) is 94.2 Å². The molecule has 4 heterocycles. The highest BCUT2D eigenvalue weighted by Crippen LogP contribution is 2.31. The third-order valence-corrected chi connectivity index (χ3v) is 11.5. The number of methoxy groups -OCH3 is 3. The van der Waals surface area contributed by atoms with Crippen molar-refractivity contribution in [3.8, 4) is 69.3 Å². The van der Waals surface area contributed by atoms with Crippen molar-refractivity contribution in [2.75, 3.05) is 21.3 Å². The summed E-state index contributed by atoms with van der Waals surface area (Å²) >= 11 is 12.9. The highest BCUT2D eigenvalue weighted by Gasteiger charge is 2.34. The molecular weight excluding hydrogens is 931 g/mol. The van der Waals surface area contributed by atoms with Crippen LogP contribution in [0, 0.1) is 0 Å². The molecule has 4 aromatic heterocycles. The van der Waals surface area contributed by atoms with Gasteiger partial charge in [0.2, 0.25) is 11.8 Å². The predicted octanol–water partition coefficient (Wildman–Crippen LogP) is 10.4. The number of pyridine rings is 2. The van der Waals surface area contributed by atoms with Gasteiger partial charge < -0.3 is 34.7 Å². The van der Waals surface area contributed by atoms with Crippen molar-refractivity contribution in [3.63, 3.8) is 0 Å². The molecule has 0 spiro atoms. The lowest BCUT2D eigenvalue weighted by atomic mass is 9.96. The van der Waals surface area contributed by atoms with Crippen LogP contribution in [0.5, 0.6) is 23.8 Å². The smallest absolute Gasteiger partial charge is 0.320 e. The SMILES string of the molecule is CCC[C@@H](C)Oc1ccc(-c2nc(OC)nc(-c3cc(CN)ccc3Cl)n2)cn1.CCC[C@@H](C)Oc1ccc(-c2nc(OC)nc(-c3cc(CNC(=O)C(CC)(CC)OC)ccc3Cl)n2)cn1.Cl. The van der Waals surface area contributed by atoms with Gasteiger partial charge in [-0.2, -0.15) is 19.9 Å². The number of hydrogen-bond donors (Lipinski definition) is 2. The minimum atomic E-state index is -0.853. The Balaban J connectivity index is 0.000000302. The Labute approximate surface area is 415 Å². The molecule has 0 aliphatic rings. The lowest BCUT2D eigenvalue weighted by Crippen LogP contribution is -2.47. The van der Waals surface area contributed by atoms with E-state index in [1.54, 1.807) is 43.8 Å². The van der Waals surface area contributed by atoms with Gasteiger partial charge in [0, 0.05) is 67.0 Å². The van der Waals surface area contributed by atoms with Crippen LogP contribution in [-0.4, -0.2) is 84.9 Å². The lowest BCUT2D eigenvalue weighted by molar-refractivity contribution is -0.144. The summed E-state index contributed by atoms with van der Waals surface area (Å²) in [5.41, 5.74) is 9.30. The van der Waals surface area contributed by atoms with Gasteiger partial charge in [0.1, 0.15) is 5.60 Å². The number of carbonyl (C=O) groups is 1. The average Bonchev–Trinajstić information content (AvgIpc) is 3.35. The number of hydrogen-bond acceptors (Lipinski definition) is 15. The van der Waals surface area contributed by atoms with Crippen molar-refractivity contribution < 1.29 is 28.5 Å². The van der Waals surface area contributed by atoms with Crippen molar-refractivity contribution in [2.45, 2.75) is 111 Å². The van der Waals surface area contributed by atoms with Crippen LogP contribution in [0.15, 0.2) is 73.1 Å². The molecule has 0 saturated carbocycles. The van der Waals surface area contributed by atoms with Gasteiger partial charge in [-0.15, -0.1) is 12.4 Å². The van der Waals surface area contributed by atoms with Crippen LogP contribution in [0.1, 0.15) is 91.2 Å². The minimum absolute atomic E-state index is 0. The van der Waals surface area contributed by atoms with Gasteiger partial charge in [-0.3, -0.25) is 4.79 Å². The summed E-state index contributed by atoms with van der Waals surface area (Å²) in [5.74, 6) is 2.51. The molecule has 0 bridgehead atoms. The van der Waals surface area contributed by atoms with Crippen molar-refractivity contribution in [1.29, 1.82) is 0 Å². The van der Waals surface area contributed by atoms with E-state index >= 15 is 0 Å². The largest absolute Gasteiger partial charge is 0.475 e. The number of rotatable bonds is 21. The first kappa shape index (κ1) is 54.8. The Bertz CT molecular complexity index is 2530. The molecule has 68 heavy (non-hydrogen) atoms. The summed E-state index contributed by atoms with van der Waals surface area (Å²) < 4.78 is 27.8. The fourth-order valence-corrected chi connectivity index (χ4v) is 7.33. The summed E-state index contributed by atoms with van der Waals surface area (Å²) in [6, 6.07) is 18.6. The van der Waals surface area contributed by atoms with E-state index in [0.717, 1.165) is 36.8 Å². The van der Waals surface area contributed by atoms with Crippen LogP contribution in [0.25, 0.3) is 45.6 Å². The first-order chi connectivity index (χ1) is 32.3. The maximum Gasteiger partial charge on any atom is 0.320 e. The van der Waals surface area contributed by atoms with Crippen molar-refractivity contribution in [1.82, 2.24) is 45.2 Å². The van der Waals surface area contributed by atoms with Crippen LogP contribution < -0.4 is 30.0 Å². The average molecular weight is 992 g/mol. The third-order valence-electron chi connectivity index (χ3n) is 10.8. The monoisotopic (exact) mass is 990 g/mol. The molecule has 0 aliphatic heterocycles. The van der Waals surface area contributed by atoms with E-state index in [1.165, 1.54) is 14.2 Å². The zero-order valence-corrected chi connectivity index (χ0v) is 42.3. The van der Waals surface area contributed by atoms with Gasteiger partial charge >= 0.3 is 12.0 Å². The molecule has 2 atom stereocenters. The number of carbonyl (C=O) groups excluding carboxylic acids is 1. The lowest BCUT2D eigenvalue weighted by Gasteiger charge is -2.28. The first-order valence-corrected chi connectivity index (χ1v) is 23.1. The van der Waals surface area contributed by atoms with E-state index in [1.807, 2.05) is 64.1 Å². The Kier molecular flexibility index (Phi) is 21.5. The second-order valence-corrected chi connectivity index (χ2v) is 16.4. The van der Waals surface area contributed by atoms with Crippen molar-refractivity contribution >= 4 is 41.5 Å². The summed E-state index contributed by atoms with van der Waals surface area (Å²) in [6.07, 6.45) is 8.68. The van der Waals surface area contributed by atoms with Gasteiger partial charge in [-0.1, -0.05) is 75.9 Å².